The number of aromatic nitrogens is 2. The number of H-pyrrole nitrogens is 1. The number of halogens is 3. The van der Waals surface area contributed by atoms with Gasteiger partial charge in [0.1, 0.15) is 17.9 Å². The largest absolute Gasteiger partial charge is 0.471 e. The first-order valence-corrected chi connectivity index (χ1v) is 17.8. The monoisotopic (exact) mass is 675 g/mol. The fourth-order valence-electron chi connectivity index (χ4n) is 5.47. The average molecular weight is 676 g/mol. The summed E-state index contributed by atoms with van der Waals surface area (Å²) < 4.78 is 58.1. The Hall–Kier alpha value is -3.61. The summed E-state index contributed by atoms with van der Waals surface area (Å²) in [6.45, 7) is 6.00. The van der Waals surface area contributed by atoms with Gasteiger partial charge in [-0.2, -0.15) is 13.2 Å². The molecule has 0 bridgehead atoms. The van der Waals surface area contributed by atoms with Gasteiger partial charge in [-0.15, -0.1) is 11.8 Å². The summed E-state index contributed by atoms with van der Waals surface area (Å²) >= 11 is 1.49. The maximum atomic E-state index is 12.9. The molecular formula is C32H36F3N3O6SSi. The molecule has 246 valence electrons. The van der Waals surface area contributed by atoms with Gasteiger partial charge in [0.2, 0.25) is 0 Å². The third-order valence-corrected chi connectivity index (χ3v) is 12.9. The topological polar surface area (TPSA) is 112 Å². The van der Waals surface area contributed by atoms with Crippen LogP contribution >= 0.6 is 11.8 Å². The Labute approximate surface area is 270 Å². The number of amides is 1. The number of nitrogens with one attached hydrogen (secondary N) is 2. The zero-order valence-electron chi connectivity index (χ0n) is 25.9. The van der Waals surface area contributed by atoms with E-state index < -0.39 is 56.6 Å². The number of benzene rings is 2. The van der Waals surface area contributed by atoms with E-state index in [1.54, 1.807) is 5.32 Å². The van der Waals surface area contributed by atoms with Crippen LogP contribution in [0.5, 0.6) is 0 Å². The van der Waals surface area contributed by atoms with E-state index in [4.69, 9.17) is 13.9 Å². The number of rotatable bonds is 10. The molecule has 46 heavy (non-hydrogen) atoms. The number of alkyl halides is 3. The normalized spacial score (nSPS) is 18.5. The van der Waals surface area contributed by atoms with Crippen LogP contribution in [0.2, 0.25) is 5.04 Å². The Kier molecular flexibility index (Phi) is 11.4. The zero-order valence-corrected chi connectivity index (χ0v) is 27.7. The van der Waals surface area contributed by atoms with Crippen molar-refractivity contribution in [3.05, 3.63) is 93.3 Å². The van der Waals surface area contributed by atoms with E-state index in [-0.39, 0.29) is 23.6 Å². The van der Waals surface area contributed by atoms with E-state index in [1.807, 2.05) is 42.7 Å². The van der Waals surface area contributed by atoms with Gasteiger partial charge in [0, 0.05) is 12.6 Å². The summed E-state index contributed by atoms with van der Waals surface area (Å²) in [5, 5.41) is 3.51. The van der Waals surface area contributed by atoms with E-state index >= 15 is 0 Å². The number of ether oxygens (including phenoxy) is 2. The van der Waals surface area contributed by atoms with Crippen LogP contribution in [0, 0.1) is 11.8 Å². The maximum absolute atomic E-state index is 12.9. The highest BCUT2D eigenvalue weighted by Gasteiger charge is 2.51. The summed E-state index contributed by atoms with van der Waals surface area (Å²) in [7, 11) is -2.92. The first-order chi connectivity index (χ1) is 21.8. The van der Waals surface area contributed by atoms with Crippen molar-refractivity contribution in [3.63, 3.8) is 0 Å². The van der Waals surface area contributed by atoms with Gasteiger partial charge in [0.05, 0.1) is 25.2 Å². The van der Waals surface area contributed by atoms with Gasteiger partial charge in [0.25, 0.3) is 13.9 Å². The van der Waals surface area contributed by atoms with Gasteiger partial charge in [-0.05, 0) is 21.7 Å². The molecule has 1 aliphatic rings. The molecule has 2 aromatic carbocycles. The molecule has 1 fully saturated rings. The summed E-state index contributed by atoms with van der Waals surface area (Å²) in [6, 6.07) is 20.2. The molecule has 3 atom stereocenters. The summed E-state index contributed by atoms with van der Waals surface area (Å²) in [5.74, 6) is 2.95. The van der Waals surface area contributed by atoms with Crippen molar-refractivity contribution in [2.24, 2.45) is 0 Å². The molecule has 2 heterocycles. The van der Waals surface area contributed by atoms with Gasteiger partial charge >= 0.3 is 17.8 Å². The second-order valence-electron chi connectivity index (χ2n) is 11.6. The van der Waals surface area contributed by atoms with Crippen molar-refractivity contribution in [1.82, 2.24) is 14.9 Å². The summed E-state index contributed by atoms with van der Waals surface area (Å²) in [5.41, 5.74) is -1.75. The van der Waals surface area contributed by atoms with Crippen LogP contribution in [0.4, 0.5) is 13.2 Å². The molecule has 9 nitrogen and oxygen atoms in total. The third-order valence-electron chi connectivity index (χ3n) is 7.56. The lowest BCUT2D eigenvalue weighted by molar-refractivity contribution is -0.173. The van der Waals surface area contributed by atoms with Crippen LogP contribution in [0.1, 0.15) is 39.0 Å². The molecule has 14 heteroatoms. The van der Waals surface area contributed by atoms with Crippen LogP contribution in [-0.4, -0.2) is 67.5 Å². The first kappa shape index (κ1) is 35.2. The second-order valence-corrected chi connectivity index (χ2v) is 16.8. The maximum Gasteiger partial charge on any atom is 0.471 e. The minimum Gasteiger partial charge on any atom is -0.405 e. The molecule has 0 unspecified atom stereocenters. The third kappa shape index (κ3) is 8.02. The highest BCUT2D eigenvalue weighted by molar-refractivity contribution is 7.98. The van der Waals surface area contributed by atoms with Gasteiger partial charge in [-0.3, -0.25) is 19.1 Å². The molecule has 0 spiro atoms. The predicted octanol–water partition coefficient (Wildman–Crippen LogP) is 3.14. The lowest BCUT2D eigenvalue weighted by Gasteiger charge is -2.43. The van der Waals surface area contributed by atoms with Gasteiger partial charge in [0.15, 0.2) is 0 Å². The van der Waals surface area contributed by atoms with E-state index in [1.165, 1.54) is 22.5 Å². The molecule has 4 rings (SSSR count). The van der Waals surface area contributed by atoms with Gasteiger partial charge in [-0.25, -0.2) is 4.79 Å². The van der Waals surface area contributed by atoms with Crippen LogP contribution < -0.4 is 26.9 Å². The Bertz CT molecular complexity index is 1630. The van der Waals surface area contributed by atoms with Crippen LogP contribution in [-0.2, 0) is 18.7 Å². The molecule has 0 aliphatic carbocycles. The first-order valence-electron chi connectivity index (χ1n) is 14.5. The quantitative estimate of drug-likeness (QED) is 0.193. The lowest BCUT2D eigenvalue weighted by atomic mass is 10.2. The molecule has 0 saturated carbocycles. The number of carbonyl (C=O) groups excluding carboxylic acids is 1. The summed E-state index contributed by atoms with van der Waals surface area (Å²) in [4.78, 5) is 38.5. The molecule has 0 radical (unpaired) electrons. The minimum atomic E-state index is -5.06. The van der Waals surface area contributed by atoms with Crippen molar-refractivity contribution < 1.29 is 31.9 Å². The standard InChI is InChI=1S/C32H36F3N3O6SSi/c1-31(2,3)46(23-13-7-5-8-14-23,24-15-9-6-10-16-24)43-20-26-25(42-21-45-4)18-27(44-26)38-19-22(28(39)37-30(38)41)12-11-17-36-29(40)32(33,34)35/h5-10,13-16,19,25-27H,17-18,20-21H2,1-4H3,(H,36,40)(H,37,39,41)/t25-,26-,27-/m1/s1. The Balaban J connectivity index is 1.63. The van der Waals surface area contributed by atoms with E-state index in [2.05, 4.69) is 61.9 Å². The Morgan fingerprint density at radius 1 is 1.09 bits per heavy atom. The molecule has 3 aromatic rings. The van der Waals surface area contributed by atoms with Gasteiger partial charge in [-0.1, -0.05) is 93.3 Å². The number of hydrogen-bond acceptors (Lipinski definition) is 7. The van der Waals surface area contributed by atoms with Gasteiger partial charge < -0.3 is 19.2 Å². The Morgan fingerprint density at radius 2 is 1.70 bits per heavy atom. The lowest BCUT2D eigenvalue weighted by Crippen LogP contribution is -2.67. The minimum absolute atomic E-state index is 0.159. The van der Waals surface area contributed by atoms with Crippen molar-refractivity contribution in [1.29, 1.82) is 0 Å². The highest BCUT2D eigenvalue weighted by atomic mass is 32.2. The SMILES string of the molecule is CSCO[C@@H]1C[C@H](n2cc(C#CCNC(=O)C(F)(F)F)c(=O)[nH]c2=O)O[C@@H]1CO[Si](c1ccccc1)(c1ccccc1)C(C)(C)C. The van der Waals surface area contributed by atoms with Crippen molar-refractivity contribution >= 4 is 36.4 Å². The van der Waals surface area contributed by atoms with Crippen molar-refractivity contribution in [3.8, 4) is 11.8 Å². The number of nitrogens with zero attached hydrogens (tertiary/aromatic N) is 1. The molecule has 1 saturated heterocycles. The van der Waals surface area contributed by atoms with Crippen molar-refractivity contribution in [2.75, 3.05) is 25.3 Å². The van der Waals surface area contributed by atoms with Crippen molar-refractivity contribution in [2.45, 2.75) is 56.8 Å². The molecular weight excluding hydrogens is 640 g/mol. The number of thioether (sulfide) groups is 1. The van der Waals surface area contributed by atoms with Crippen LogP contribution in [0.3, 0.4) is 0 Å². The number of hydrogen-bond donors (Lipinski definition) is 2. The van der Waals surface area contributed by atoms with E-state index in [0.29, 0.717) is 5.94 Å². The van der Waals surface area contributed by atoms with E-state index in [9.17, 15) is 27.6 Å². The zero-order chi connectivity index (χ0) is 33.5. The summed E-state index contributed by atoms with van der Waals surface area (Å²) in [6.07, 6.45) is -3.59. The fraction of sp³-hybridized carbons (Fsp3) is 0.406. The molecule has 1 aromatic heterocycles. The average Bonchev–Trinajstić information content (AvgIpc) is 3.41. The number of carbonyl (C=O) groups is 1. The van der Waals surface area contributed by atoms with Crippen LogP contribution in [0.25, 0.3) is 0 Å². The second kappa shape index (κ2) is 14.9. The highest BCUT2D eigenvalue weighted by Crippen LogP contribution is 2.38. The molecule has 2 N–H and O–H groups in total. The van der Waals surface area contributed by atoms with E-state index in [0.717, 1.165) is 10.4 Å². The number of aromatic amines is 1. The Morgan fingerprint density at radius 3 is 2.24 bits per heavy atom. The predicted molar refractivity (Wildman–Crippen MR) is 173 cm³/mol. The smallest absolute Gasteiger partial charge is 0.405 e. The van der Waals surface area contributed by atoms with Crippen LogP contribution in [0.15, 0.2) is 76.4 Å². The molecule has 1 aliphatic heterocycles. The fourth-order valence-corrected chi connectivity index (χ4v) is 10.4. The molecule has 1 amide bonds.